The summed E-state index contributed by atoms with van der Waals surface area (Å²) in [5, 5.41) is 2.15. The lowest BCUT2D eigenvalue weighted by Gasteiger charge is -2.09. The number of aromatic nitrogens is 4. The second-order valence-electron chi connectivity index (χ2n) is 4.18. The van der Waals surface area contributed by atoms with Gasteiger partial charge in [0.2, 0.25) is 0 Å². The smallest absolute Gasteiger partial charge is 0.259 e. The fourth-order valence-corrected chi connectivity index (χ4v) is 3.25. The van der Waals surface area contributed by atoms with Crippen LogP contribution in [0.4, 0.5) is 13.2 Å². The zero-order valence-electron chi connectivity index (χ0n) is 11.1. The third-order valence-corrected chi connectivity index (χ3v) is 4.39. The zero-order chi connectivity index (χ0) is 16.4. The van der Waals surface area contributed by atoms with E-state index in [0.29, 0.717) is 9.90 Å². The van der Waals surface area contributed by atoms with Crippen LogP contribution in [0.5, 0.6) is 0 Å². The highest BCUT2D eigenvalue weighted by atomic mass is 35.5. The molecule has 0 radical (unpaired) electrons. The summed E-state index contributed by atoms with van der Waals surface area (Å²) in [6.45, 7) is 0. The molecule has 0 unspecified atom stereocenters. The Morgan fingerprint density at radius 2 is 1.96 bits per heavy atom. The first-order valence-corrected chi connectivity index (χ1v) is 8.15. The largest absolute Gasteiger partial charge is 0.433 e. The molecule has 0 aliphatic carbocycles. The van der Waals surface area contributed by atoms with E-state index in [1.165, 1.54) is 23.7 Å². The van der Waals surface area contributed by atoms with Crippen LogP contribution in [0.2, 0.25) is 5.15 Å². The number of alkyl halides is 3. The van der Waals surface area contributed by atoms with E-state index < -0.39 is 11.9 Å². The highest BCUT2D eigenvalue weighted by Gasteiger charge is 2.34. The third kappa shape index (κ3) is 3.98. The Labute approximate surface area is 141 Å². The number of halogens is 4. The molecule has 0 bridgehead atoms. The highest BCUT2D eigenvalue weighted by molar-refractivity contribution is 7.99. The summed E-state index contributed by atoms with van der Waals surface area (Å²) < 4.78 is 39.1. The first-order chi connectivity index (χ1) is 10.9. The minimum Gasteiger partial charge on any atom is -0.259 e. The Bertz CT molecular complexity index is 824. The number of thiophene rings is 1. The van der Waals surface area contributed by atoms with Crippen molar-refractivity contribution >= 4 is 34.7 Å². The van der Waals surface area contributed by atoms with Gasteiger partial charge >= 0.3 is 6.18 Å². The Balaban J connectivity index is 2.03. The normalized spacial score (nSPS) is 11.7. The quantitative estimate of drug-likeness (QED) is 0.615. The van der Waals surface area contributed by atoms with Gasteiger partial charge in [0.05, 0.1) is 23.0 Å². The predicted molar refractivity (Wildman–Crippen MR) is 81.5 cm³/mol. The van der Waals surface area contributed by atoms with Crippen LogP contribution in [-0.2, 0) is 6.18 Å². The number of rotatable bonds is 3. The zero-order valence-corrected chi connectivity index (χ0v) is 13.5. The van der Waals surface area contributed by atoms with Crippen LogP contribution in [-0.4, -0.2) is 19.9 Å². The van der Waals surface area contributed by atoms with Gasteiger partial charge in [-0.25, -0.2) is 15.0 Å². The first kappa shape index (κ1) is 16.2. The summed E-state index contributed by atoms with van der Waals surface area (Å²) in [7, 11) is 0. The molecule has 4 nitrogen and oxygen atoms in total. The standard InChI is InChI=1S/C13H6ClF3N4S2/c14-10-5-18-6-11(21-10)23-12-19-7(8-2-1-3-22-8)4-9(20-12)13(15,16)17/h1-6H. The predicted octanol–water partition coefficient (Wildman–Crippen LogP) is 4.82. The number of hydrogen-bond donors (Lipinski definition) is 0. The van der Waals surface area contributed by atoms with Crippen molar-refractivity contribution in [3.63, 3.8) is 0 Å². The Morgan fingerprint density at radius 3 is 2.61 bits per heavy atom. The van der Waals surface area contributed by atoms with Crippen LogP contribution in [0.3, 0.4) is 0 Å². The van der Waals surface area contributed by atoms with Gasteiger partial charge < -0.3 is 0 Å². The molecule has 118 valence electrons. The van der Waals surface area contributed by atoms with Gasteiger partial charge in [-0.1, -0.05) is 17.7 Å². The molecular formula is C13H6ClF3N4S2. The molecule has 3 aromatic rings. The Kier molecular flexibility index (Phi) is 4.51. The molecule has 0 aliphatic heterocycles. The van der Waals surface area contributed by atoms with Crippen molar-refractivity contribution in [1.82, 2.24) is 19.9 Å². The van der Waals surface area contributed by atoms with E-state index in [-0.39, 0.29) is 16.0 Å². The molecule has 10 heteroatoms. The van der Waals surface area contributed by atoms with Gasteiger partial charge in [-0.2, -0.15) is 13.2 Å². The SMILES string of the molecule is FC(F)(F)c1cc(-c2cccs2)nc(Sc2cncc(Cl)n2)n1. The molecule has 0 amide bonds. The lowest BCUT2D eigenvalue weighted by molar-refractivity contribution is -0.141. The van der Waals surface area contributed by atoms with E-state index in [2.05, 4.69) is 19.9 Å². The molecule has 3 rings (SSSR count). The van der Waals surface area contributed by atoms with Crippen LogP contribution < -0.4 is 0 Å². The van der Waals surface area contributed by atoms with Gasteiger partial charge in [0.15, 0.2) is 5.16 Å². The summed E-state index contributed by atoms with van der Waals surface area (Å²) in [4.78, 5) is 16.1. The van der Waals surface area contributed by atoms with Crippen LogP contribution in [0.15, 0.2) is 46.2 Å². The van der Waals surface area contributed by atoms with E-state index in [0.717, 1.165) is 17.8 Å². The van der Waals surface area contributed by atoms with Crippen LogP contribution in [0.25, 0.3) is 10.6 Å². The molecule has 3 aromatic heterocycles. The fraction of sp³-hybridized carbons (Fsp3) is 0.0769. The highest BCUT2D eigenvalue weighted by Crippen LogP contribution is 2.34. The Morgan fingerprint density at radius 1 is 1.13 bits per heavy atom. The maximum Gasteiger partial charge on any atom is 0.433 e. The van der Waals surface area contributed by atoms with E-state index in [9.17, 15) is 13.2 Å². The van der Waals surface area contributed by atoms with Crippen molar-refractivity contribution in [3.05, 3.63) is 46.8 Å². The average Bonchev–Trinajstić information content (AvgIpc) is 3.00. The van der Waals surface area contributed by atoms with Gasteiger partial charge in [0.25, 0.3) is 0 Å². The number of hydrogen-bond acceptors (Lipinski definition) is 6. The molecule has 0 saturated carbocycles. The van der Waals surface area contributed by atoms with E-state index >= 15 is 0 Å². The summed E-state index contributed by atoms with van der Waals surface area (Å²) in [5.74, 6) is 0. The molecule has 0 fully saturated rings. The summed E-state index contributed by atoms with van der Waals surface area (Å²) in [6, 6.07) is 4.37. The monoisotopic (exact) mass is 374 g/mol. The van der Waals surface area contributed by atoms with Crippen LogP contribution in [0.1, 0.15) is 5.69 Å². The minimum atomic E-state index is -4.57. The molecule has 0 atom stereocenters. The lowest BCUT2D eigenvalue weighted by Crippen LogP contribution is -2.10. The third-order valence-electron chi connectivity index (χ3n) is 2.55. The van der Waals surface area contributed by atoms with Crippen molar-refractivity contribution in [2.24, 2.45) is 0 Å². The van der Waals surface area contributed by atoms with Crippen molar-refractivity contribution in [2.45, 2.75) is 16.4 Å². The second-order valence-corrected chi connectivity index (χ2v) is 6.50. The Hall–Kier alpha value is -1.71. The topological polar surface area (TPSA) is 51.6 Å². The van der Waals surface area contributed by atoms with Gasteiger partial charge in [-0.15, -0.1) is 11.3 Å². The molecular weight excluding hydrogens is 369 g/mol. The van der Waals surface area contributed by atoms with Crippen LogP contribution in [0, 0.1) is 0 Å². The van der Waals surface area contributed by atoms with E-state index in [1.54, 1.807) is 17.5 Å². The molecule has 0 N–H and O–H groups in total. The van der Waals surface area contributed by atoms with Gasteiger partial charge in [-0.05, 0) is 29.3 Å². The number of nitrogens with zero attached hydrogens (tertiary/aromatic N) is 4. The van der Waals surface area contributed by atoms with E-state index in [4.69, 9.17) is 11.6 Å². The summed E-state index contributed by atoms with van der Waals surface area (Å²) in [6.07, 6.45) is -1.86. The van der Waals surface area contributed by atoms with Crippen LogP contribution >= 0.6 is 34.7 Å². The molecule has 0 aliphatic rings. The van der Waals surface area contributed by atoms with Crippen molar-refractivity contribution in [2.75, 3.05) is 0 Å². The molecule has 0 saturated heterocycles. The molecule has 0 spiro atoms. The van der Waals surface area contributed by atoms with Crippen molar-refractivity contribution in [3.8, 4) is 10.6 Å². The molecule has 3 heterocycles. The second kappa shape index (κ2) is 6.42. The van der Waals surface area contributed by atoms with Crippen molar-refractivity contribution in [1.29, 1.82) is 0 Å². The van der Waals surface area contributed by atoms with Gasteiger partial charge in [-0.3, -0.25) is 4.98 Å². The summed E-state index contributed by atoms with van der Waals surface area (Å²) >= 11 is 7.89. The maximum atomic E-state index is 13.0. The average molecular weight is 375 g/mol. The minimum absolute atomic E-state index is 0.0696. The van der Waals surface area contributed by atoms with E-state index in [1.807, 2.05) is 0 Å². The molecule has 0 aromatic carbocycles. The van der Waals surface area contributed by atoms with Crippen molar-refractivity contribution < 1.29 is 13.2 Å². The fourth-order valence-electron chi connectivity index (χ4n) is 1.63. The summed E-state index contributed by atoms with van der Waals surface area (Å²) in [5.41, 5.74) is -0.798. The maximum absolute atomic E-state index is 13.0. The first-order valence-electron chi connectivity index (χ1n) is 6.07. The molecule has 23 heavy (non-hydrogen) atoms. The lowest BCUT2D eigenvalue weighted by atomic mass is 10.3. The van der Waals surface area contributed by atoms with Gasteiger partial charge in [0.1, 0.15) is 15.9 Å². The van der Waals surface area contributed by atoms with Gasteiger partial charge in [0, 0.05) is 0 Å².